The molecule has 0 radical (unpaired) electrons. The van der Waals surface area contributed by atoms with Crippen LogP contribution in [0, 0.1) is 6.92 Å². The molecule has 19 heavy (non-hydrogen) atoms. The Bertz CT molecular complexity index is 437. The smallest absolute Gasteiger partial charge is 0.319 e. The van der Waals surface area contributed by atoms with E-state index in [1.807, 2.05) is 4.90 Å². The second-order valence-electron chi connectivity index (χ2n) is 5.45. The van der Waals surface area contributed by atoms with Crippen LogP contribution in [0.1, 0.15) is 18.4 Å². The fraction of sp³-hybridized carbons (Fsp3) is 0.533. The minimum Gasteiger partial charge on any atom is -0.382 e. The summed E-state index contributed by atoms with van der Waals surface area (Å²) in [6.45, 7) is 3.77. The molecule has 4 nitrogen and oxygen atoms in total. The van der Waals surface area contributed by atoms with E-state index in [0.29, 0.717) is 6.04 Å². The lowest BCUT2D eigenvalue weighted by atomic mass is 10.0. The van der Waals surface area contributed by atoms with Crippen LogP contribution in [0.5, 0.6) is 0 Å². The van der Waals surface area contributed by atoms with Gasteiger partial charge in [0, 0.05) is 38.9 Å². The van der Waals surface area contributed by atoms with E-state index in [1.165, 1.54) is 11.3 Å². The Morgan fingerprint density at radius 2 is 2.00 bits per heavy atom. The number of hydrogen-bond donors (Lipinski definition) is 1. The Morgan fingerprint density at radius 3 is 2.58 bits per heavy atom. The van der Waals surface area contributed by atoms with Crippen molar-refractivity contribution in [2.24, 2.45) is 0 Å². The first-order valence-corrected chi connectivity index (χ1v) is 6.85. The third-order valence-electron chi connectivity index (χ3n) is 3.54. The molecular formula is C15H23N3O. The maximum atomic E-state index is 11.8. The number of likely N-dealkylation sites (tertiary alicyclic amines) is 1. The molecular weight excluding hydrogens is 238 g/mol. The van der Waals surface area contributed by atoms with E-state index in [-0.39, 0.29) is 6.03 Å². The normalized spacial score (nSPS) is 16.3. The van der Waals surface area contributed by atoms with Gasteiger partial charge in [0.05, 0.1) is 0 Å². The lowest BCUT2D eigenvalue weighted by Gasteiger charge is -2.34. The van der Waals surface area contributed by atoms with Crippen LogP contribution in [-0.2, 0) is 0 Å². The highest BCUT2D eigenvalue weighted by molar-refractivity contribution is 5.73. The van der Waals surface area contributed by atoms with Crippen LogP contribution >= 0.6 is 0 Å². The van der Waals surface area contributed by atoms with E-state index in [4.69, 9.17) is 0 Å². The van der Waals surface area contributed by atoms with Crippen LogP contribution in [-0.4, -0.2) is 49.1 Å². The van der Waals surface area contributed by atoms with Gasteiger partial charge in [0.1, 0.15) is 0 Å². The quantitative estimate of drug-likeness (QED) is 0.888. The molecule has 1 aromatic carbocycles. The average molecular weight is 261 g/mol. The number of benzene rings is 1. The molecule has 1 fully saturated rings. The number of piperidine rings is 1. The monoisotopic (exact) mass is 261 g/mol. The standard InChI is InChI=1S/C15H23N3O/c1-12-5-4-6-14(11-12)16-13-7-9-18(10-8-13)15(19)17(2)3/h4-6,11,13,16H,7-10H2,1-3H3. The predicted molar refractivity (Wildman–Crippen MR) is 78.5 cm³/mol. The van der Waals surface area contributed by atoms with Crippen molar-refractivity contribution in [2.45, 2.75) is 25.8 Å². The lowest BCUT2D eigenvalue weighted by molar-refractivity contribution is 0.158. The summed E-state index contributed by atoms with van der Waals surface area (Å²) in [5, 5.41) is 3.56. The number of hydrogen-bond acceptors (Lipinski definition) is 2. The Kier molecular flexibility index (Phi) is 4.30. The average Bonchev–Trinajstić information content (AvgIpc) is 2.39. The molecule has 0 unspecified atom stereocenters. The zero-order valence-electron chi connectivity index (χ0n) is 12.0. The number of amides is 2. The second-order valence-corrected chi connectivity index (χ2v) is 5.45. The molecule has 2 amide bonds. The van der Waals surface area contributed by atoms with E-state index in [2.05, 4.69) is 36.5 Å². The van der Waals surface area contributed by atoms with Gasteiger partial charge in [-0.1, -0.05) is 12.1 Å². The van der Waals surface area contributed by atoms with Crippen molar-refractivity contribution in [3.05, 3.63) is 29.8 Å². The topological polar surface area (TPSA) is 35.6 Å². The molecule has 4 heteroatoms. The molecule has 1 saturated heterocycles. The molecule has 2 rings (SSSR count). The van der Waals surface area contributed by atoms with Crippen molar-refractivity contribution in [1.82, 2.24) is 9.80 Å². The Balaban J connectivity index is 1.85. The van der Waals surface area contributed by atoms with E-state index in [0.717, 1.165) is 25.9 Å². The zero-order valence-corrected chi connectivity index (χ0v) is 12.0. The summed E-state index contributed by atoms with van der Waals surface area (Å²) < 4.78 is 0. The largest absolute Gasteiger partial charge is 0.382 e. The molecule has 0 aromatic heterocycles. The summed E-state index contributed by atoms with van der Waals surface area (Å²) in [4.78, 5) is 15.4. The number of anilines is 1. The van der Waals surface area contributed by atoms with E-state index in [1.54, 1.807) is 19.0 Å². The molecule has 0 aliphatic carbocycles. The number of carbonyl (C=O) groups excluding carboxylic acids is 1. The Hall–Kier alpha value is -1.71. The molecule has 1 N–H and O–H groups in total. The maximum Gasteiger partial charge on any atom is 0.319 e. The van der Waals surface area contributed by atoms with Crippen molar-refractivity contribution < 1.29 is 4.79 Å². The minimum atomic E-state index is 0.119. The summed E-state index contributed by atoms with van der Waals surface area (Å²) in [6.07, 6.45) is 2.01. The van der Waals surface area contributed by atoms with Gasteiger partial charge >= 0.3 is 6.03 Å². The molecule has 0 saturated carbocycles. The zero-order chi connectivity index (χ0) is 13.8. The SMILES string of the molecule is Cc1cccc(NC2CCN(C(=O)N(C)C)CC2)c1. The molecule has 0 bridgehead atoms. The van der Waals surface area contributed by atoms with Crippen LogP contribution in [0.4, 0.5) is 10.5 Å². The van der Waals surface area contributed by atoms with E-state index < -0.39 is 0 Å². The molecule has 104 valence electrons. The van der Waals surface area contributed by atoms with Crippen molar-refractivity contribution in [1.29, 1.82) is 0 Å². The number of urea groups is 1. The van der Waals surface area contributed by atoms with Gasteiger partial charge in [-0.2, -0.15) is 0 Å². The van der Waals surface area contributed by atoms with Gasteiger partial charge in [-0.25, -0.2) is 4.79 Å². The van der Waals surface area contributed by atoms with Gasteiger partial charge in [-0.15, -0.1) is 0 Å². The highest BCUT2D eigenvalue weighted by Gasteiger charge is 2.23. The van der Waals surface area contributed by atoms with Gasteiger partial charge in [0.2, 0.25) is 0 Å². The summed E-state index contributed by atoms with van der Waals surface area (Å²) in [6, 6.07) is 9.02. The highest BCUT2D eigenvalue weighted by atomic mass is 16.2. The molecule has 1 aliphatic heterocycles. The summed E-state index contributed by atoms with van der Waals surface area (Å²) in [7, 11) is 3.61. The van der Waals surface area contributed by atoms with Crippen molar-refractivity contribution in [3.8, 4) is 0 Å². The molecule has 1 aromatic rings. The van der Waals surface area contributed by atoms with Crippen LogP contribution in [0.25, 0.3) is 0 Å². The molecule has 1 aliphatic rings. The van der Waals surface area contributed by atoms with Gasteiger partial charge in [-0.05, 0) is 37.5 Å². The predicted octanol–water partition coefficient (Wildman–Crippen LogP) is 2.55. The number of nitrogens with zero attached hydrogens (tertiary/aromatic N) is 2. The van der Waals surface area contributed by atoms with Crippen molar-refractivity contribution >= 4 is 11.7 Å². The first-order valence-electron chi connectivity index (χ1n) is 6.85. The number of aryl methyl sites for hydroxylation is 1. The van der Waals surface area contributed by atoms with Crippen LogP contribution < -0.4 is 5.32 Å². The first kappa shape index (κ1) is 13.7. The fourth-order valence-electron chi connectivity index (χ4n) is 2.47. The van der Waals surface area contributed by atoms with E-state index >= 15 is 0 Å². The fourth-order valence-corrected chi connectivity index (χ4v) is 2.47. The minimum absolute atomic E-state index is 0.119. The maximum absolute atomic E-state index is 11.8. The number of carbonyl (C=O) groups is 1. The third kappa shape index (κ3) is 3.63. The van der Waals surface area contributed by atoms with Crippen molar-refractivity contribution in [2.75, 3.05) is 32.5 Å². The summed E-state index contributed by atoms with van der Waals surface area (Å²) >= 11 is 0. The van der Waals surface area contributed by atoms with Crippen LogP contribution in [0.3, 0.4) is 0 Å². The van der Waals surface area contributed by atoms with E-state index in [9.17, 15) is 4.79 Å². The number of nitrogens with one attached hydrogen (secondary N) is 1. The van der Waals surface area contributed by atoms with Crippen LogP contribution in [0.15, 0.2) is 24.3 Å². The van der Waals surface area contributed by atoms with Crippen LogP contribution in [0.2, 0.25) is 0 Å². The lowest BCUT2D eigenvalue weighted by Crippen LogP contribution is -2.46. The third-order valence-corrected chi connectivity index (χ3v) is 3.54. The summed E-state index contributed by atoms with van der Waals surface area (Å²) in [5.74, 6) is 0. The number of rotatable bonds is 2. The van der Waals surface area contributed by atoms with Crippen molar-refractivity contribution in [3.63, 3.8) is 0 Å². The summed E-state index contributed by atoms with van der Waals surface area (Å²) in [5.41, 5.74) is 2.45. The molecule has 0 atom stereocenters. The van der Waals surface area contributed by atoms with Gasteiger partial charge < -0.3 is 15.1 Å². The van der Waals surface area contributed by atoms with Gasteiger partial charge in [0.15, 0.2) is 0 Å². The molecule has 0 spiro atoms. The molecule has 1 heterocycles. The van der Waals surface area contributed by atoms with Gasteiger partial charge in [-0.3, -0.25) is 0 Å². The Morgan fingerprint density at radius 1 is 1.32 bits per heavy atom. The van der Waals surface area contributed by atoms with Gasteiger partial charge in [0.25, 0.3) is 0 Å². The highest BCUT2D eigenvalue weighted by Crippen LogP contribution is 2.18. The first-order chi connectivity index (χ1) is 9.06. The Labute approximate surface area is 115 Å². The second kappa shape index (κ2) is 5.95.